The molecule has 0 fully saturated rings. The van der Waals surface area contributed by atoms with Crippen molar-refractivity contribution in [1.82, 2.24) is 10.2 Å². The number of methoxy groups -OCH3 is 1. The SMILES string of the molecule is COc1ccc(-c2n[nH]c(C)c2C=O)cc1. The molecule has 2 rings (SSSR count). The van der Waals surface area contributed by atoms with E-state index in [1.807, 2.05) is 31.2 Å². The number of ether oxygens (including phenoxy) is 1. The van der Waals surface area contributed by atoms with Crippen LogP contribution in [0, 0.1) is 6.92 Å². The molecule has 0 bridgehead atoms. The van der Waals surface area contributed by atoms with Crippen LogP contribution in [-0.4, -0.2) is 23.6 Å². The Kier molecular flexibility index (Phi) is 2.72. The van der Waals surface area contributed by atoms with Crippen molar-refractivity contribution in [1.29, 1.82) is 0 Å². The summed E-state index contributed by atoms with van der Waals surface area (Å²) in [7, 11) is 1.62. The molecule has 0 radical (unpaired) electrons. The summed E-state index contributed by atoms with van der Waals surface area (Å²) < 4.78 is 5.07. The molecule has 16 heavy (non-hydrogen) atoms. The van der Waals surface area contributed by atoms with E-state index in [1.165, 1.54) is 0 Å². The smallest absolute Gasteiger partial charge is 0.154 e. The van der Waals surface area contributed by atoms with Crippen LogP contribution in [0.3, 0.4) is 0 Å². The molecule has 0 aliphatic rings. The van der Waals surface area contributed by atoms with E-state index < -0.39 is 0 Å². The number of nitrogens with zero attached hydrogens (tertiary/aromatic N) is 1. The van der Waals surface area contributed by atoms with Crippen LogP contribution in [0.2, 0.25) is 0 Å². The van der Waals surface area contributed by atoms with Crippen LogP contribution in [0.4, 0.5) is 0 Å². The van der Waals surface area contributed by atoms with Crippen LogP contribution < -0.4 is 4.74 Å². The van der Waals surface area contributed by atoms with Gasteiger partial charge in [-0.2, -0.15) is 5.10 Å². The van der Waals surface area contributed by atoms with Crippen molar-refractivity contribution < 1.29 is 9.53 Å². The highest BCUT2D eigenvalue weighted by atomic mass is 16.5. The molecule has 0 atom stereocenters. The summed E-state index contributed by atoms with van der Waals surface area (Å²) in [5.41, 5.74) is 2.95. The van der Waals surface area contributed by atoms with Crippen molar-refractivity contribution in [2.75, 3.05) is 7.11 Å². The third-order valence-corrected chi connectivity index (χ3v) is 2.48. The number of aromatic amines is 1. The molecule has 1 N–H and O–H groups in total. The first-order valence-corrected chi connectivity index (χ1v) is 4.91. The molecular formula is C12H12N2O2. The van der Waals surface area contributed by atoms with Gasteiger partial charge in [-0.25, -0.2) is 0 Å². The molecule has 1 heterocycles. The van der Waals surface area contributed by atoms with Crippen LogP contribution in [-0.2, 0) is 0 Å². The average molecular weight is 216 g/mol. The van der Waals surface area contributed by atoms with Gasteiger partial charge in [0.15, 0.2) is 6.29 Å². The molecule has 82 valence electrons. The standard InChI is InChI=1S/C12H12N2O2/c1-8-11(7-15)12(14-13-8)9-3-5-10(16-2)6-4-9/h3-7H,1-2H3,(H,13,14). The van der Waals surface area contributed by atoms with Gasteiger partial charge in [0.25, 0.3) is 0 Å². The Labute approximate surface area is 93.3 Å². The maximum absolute atomic E-state index is 10.9. The van der Waals surface area contributed by atoms with Gasteiger partial charge in [0.1, 0.15) is 11.4 Å². The average Bonchev–Trinajstić information content (AvgIpc) is 2.70. The maximum atomic E-state index is 10.9. The number of carbonyl (C=O) groups excluding carboxylic acids is 1. The lowest BCUT2D eigenvalue weighted by molar-refractivity contribution is 0.112. The number of benzene rings is 1. The summed E-state index contributed by atoms with van der Waals surface area (Å²) in [5, 5.41) is 6.92. The van der Waals surface area contributed by atoms with Gasteiger partial charge in [-0.15, -0.1) is 0 Å². The van der Waals surface area contributed by atoms with Crippen LogP contribution in [0.25, 0.3) is 11.3 Å². The highest BCUT2D eigenvalue weighted by molar-refractivity contribution is 5.87. The summed E-state index contributed by atoms with van der Waals surface area (Å²) in [6.07, 6.45) is 0.818. The number of aldehydes is 1. The zero-order valence-electron chi connectivity index (χ0n) is 9.15. The third kappa shape index (κ3) is 1.69. The molecule has 4 nitrogen and oxygen atoms in total. The van der Waals surface area contributed by atoms with Crippen LogP contribution in [0.1, 0.15) is 16.1 Å². The number of rotatable bonds is 3. The van der Waals surface area contributed by atoms with Gasteiger partial charge in [0.2, 0.25) is 0 Å². The molecule has 4 heteroatoms. The fraction of sp³-hybridized carbons (Fsp3) is 0.167. The van der Waals surface area contributed by atoms with Crippen molar-refractivity contribution in [2.45, 2.75) is 6.92 Å². The predicted molar refractivity (Wildman–Crippen MR) is 60.7 cm³/mol. The van der Waals surface area contributed by atoms with Crippen molar-refractivity contribution in [3.63, 3.8) is 0 Å². The number of carbonyl (C=O) groups is 1. The quantitative estimate of drug-likeness (QED) is 0.800. The van der Waals surface area contributed by atoms with E-state index in [0.29, 0.717) is 11.3 Å². The molecule has 1 aromatic heterocycles. The zero-order valence-corrected chi connectivity index (χ0v) is 9.15. The van der Waals surface area contributed by atoms with E-state index in [4.69, 9.17) is 4.74 Å². The molecule has 0 amide bonds. The Bertz CT molecular complexity index is 500. The number of aryl methyl sites for hydroxylation is 1. The minimum absolute atomic E-state index is 0.602. The Morgan fingerprint density at radius 3 is 2.56 bits per heavy atom. The van der Waals surface area contributed by atoms with E-state index in [-0.39, 0.29) is 0 Å². The van der Waals surface area contributed by atoms with E-state index in [2.05, 4.69) is 10.2 Å². The monoisotopic (exact) mass is 216 g/mol. The second-order valence-electron chi connectivity index (χ2n) is 3.46. The summed E-state index contributed by atoms with van der Waals surface area (Å²) >= 11 is 0. The predicted octanol–water partition coefficient (Wildman–Crippen LogP) is 2.21. The highest BCUT2D eigenvalue weighted by Crippen LogP contribution is 2.24. The van der Waals surface area contributed by atoms with E-state index in [0.717, 1.165) is 23.3 Å². The lowest BCUT2D eigenvalue weighted by Gasteiger charge is -2.01. The lowest BCUT2D eigenvalue weighted by Crippen LogP contribution is -1.87. The molecule has 0 aliphatic heterocycles. The molecular weight excluding hydrogens is 204 g/mol. The van der Waals surface area contributed by atoms with Gasteiger partial charge in [-0.3, -0.25) is 9.89 Å². The van der Waals surface area contributed by atoms with Crippen LogP contribution in [0.5, 0.6) is 5.75 Å². The third-order valence-electron chi connectivity index (χ3n) is 2.48. The second-order valence-corrected chi connectivity index (χ2v) is 3.46. The molecule has 0 saturated carbocycles. The molecule has 1 aromatic carbocycles. The second kappa shape index (κ2) is 4.18. The molecule has 0 spiro atoms. The Balaban J connectivity index is 2.46. The number of nitrogens with one attached hydrogen (secondary N) is 1. The Morgan fingerprint density at radius 2 is 2.00 bits per heavy atom. The van der Waals surface area contributed by atoms with Gasteiger partial charge in [-0.1, -0.05) is 0 Å². The molecule has 2 aromatic rings. The first-order valence-electron chi connectivity index (χ1n) is 4.91. The molecule has 0 saturated heterocycles. The topological polar surface area (TPSA) is 55.0 Å². The minimum atomic E-state index is 0.602. The first-order chi connectivity index (χ1) is 7.76. The Hall–Kier alpha value is -2.10. The van der Waals surface area contributed by atoms with Crippen LogP contribution in [0.15, 0.2) is 24.3 Å². The summed E-state index contributed by atoms with van der Waals surface area (Å²) in [6.45, 7) is 1.82. The van der Waals surface area contributed by atoms with Gasteiger partial charge in [0, 0.05) is 11.3 Å². The lowest BCUT2D eigenvalue weighted by atomic mass is 10.1. The summed E-state index contributed by atoms with van der Waals surface area (Å²) in [4.78, 5) is 10.9. The Morgan fingerprint density at radius 1 is 1.31 bits per heavy atom. The summed E-state index contributed by atoms with van der Waals surface area (Å²) in [6, 6.07) is 7.44. The largest absolute Gasteiger partial charge is 0.497 e. The van der Waals surface area contributed by atoms with E-state index in [1.54, 1.807) is 7.11 Å². The van der Waals surface area contributed by atoms with Gasteiger partial charge < -0.3 is 4.74 Å². The molecule has 0 unspecified atom stereocenters. The van der Waals surface area contributed by atoms with E-state index >= 15 is 0 Å². The number of H-pyrrole nitrogens is 1. The number of hydrogen-bond donors (Lipinski definition) is 1. The van der Waals surface area contributed by atoms with Crippen LogP contribution >= 0.6 is 0 Å². The minimum Gasteiger partial charge on any atom is -0.497 e. The van der Waals surface area contributed by atoms with Crippen molar-refractivity contribution >= 4 is 6.29 Å². The fourth-order valence-electron chi connectivity index (χ4n) is 1.55. The normalized spacial score (nSPS) is 10.1. The zero-order chi connectivity index (χ0) is 11.5. The number of aromatic nitrogens is 2. The number of hydrogen-bond acceptors (Lipinski definition) is 3. The van der Waals surface area contributed by atoms with Gasteiger partial charge >= 0.3 is 0 Å². The summed E-state index contributed by atoms with van der Waals surface area (Å²) in [5.74, 6) is 0.781. The fourth-order valence-corrected chi connectivity index (χ4v) is 1.55. The van der Waals surface area contributed by atoms with Gasteiger partial charge in [0.05, 0.1) is 12.7 Å². The van der Waals surface area contributed by atoms with Crippen molar-refractivity contribution in [2.24, 2.45) is 0 Å². The highest BCUT2D eigenvalue weighted by Gasteiger charge is 2.10. The molecule has 0 aliphatic carbocycles. The van der Waals surface area contributed by atoms with E-state index in [9.17, 15) is 4.79 Å². The first kappa shape index (κ1) is 10.4. The van der Waals surface area contributed by atoms with Crippen molar-refractivity contribution in [3.05, 3.63) is 35.5 Å². The van der Waals surface area contributed by atoms with Gasteiger partial charge in [-0.05, 0) is 31.2 Å². The maximum Gasteiger partial charge on any atom is 0.154 e. The van der Waals surface area contributed by atoms with Crippen molar-refractivity contribution in [3.8, 4) is 17.0 Å².